The number of aryl methyl sites for hydroxylation is 1. The predicted octanol–water partition coefficient (Wildman–Crippen LogP) is 6.55. The molecule has 0 aliphatic heterocycles. The Balaban J connectivity index is 0.00000225. The second-order valence-corrected chi connectivity index (χ2v) is 7.51. The summed E-state index contributed by atoms with van der Waals surface area (Å²) in [5.41, 5.74) is 7.74. The summed E-state index contributed by atoms with van der Waals surface area (Å²) in [4.78, 5) is 0. The zero-order chi connectivity index (χ0) is 17.1. The molecule has 1 aliphatic rings. The minimum absolute atomic E-state index is 0. The van der Waals surface area contributed by atoms with E-state index in [1.54, 1.807) is 0 Å². The van der Waals surface area contributed by atoms with Gasteiger partial charge in [0.25, 0.3) is 0 Å². The van der Waals surface area contributed by atoms with E-state index in [1.807, 2.05) is 0 Å². The maximum absolute atomic E-state index is 3.35. The van der Waals surface area contributed by atoms with E-state index in [9.17, 15) is 0 Å². The molecule has 0 nitrogen and oxygen atoms in total. The lowest BCUT2D eigenvalue weighted by Crippen LogP contribution is -2.10. The average Bonchev–Trinajstić information content (AvgIpc) is 2.60. The van der Waals surface area contributed by atoms with Crippen LogP contribution in [-0.2, 0) is 0 Å². The highest BCUT2D eigenvalue weighted by molar-refractivity contribution is 5.50. The number of rotatable bonds is 1. The molecule has 0 radical (unpaired) electrons. The summed E-state index contributed by atoms with van der Waals surface area (Å²) in [5.74, 6) is 8.35. The SMILES string of the molecule is Cc1ccc(C#Cc2ccc(C3CCC(C)CC3)cc2)c(C)c1C.[HH]. The lowest BCUT2D eigenvalue weighted by atomic mass is 9.79. The van der Waals surface area contributed by atoms with E-state index in [2.05, 4.69) is 75.9 Å². The van der Waals surface area contributed by atoms with E-state index in [0.29, 0.717) is 0 Å². The lowest BCUT2D eigenvalue weighted by molar-refractivity contribution is 0.348. The van der Waals surface area contributed by atoms with Gasteiger partial charge in [-0.25, -0.2) is 0 Å². The van der Waals surface area contributed by atoms with Crippen molar-refractivity contribution in [1.82, 2.24) is 0 Å². The van der Waals surface area contributed by atoms with E-state index in [0.717, 1.165) is 23.0 Å². The van der Waals surface area contributed by atoms with Crippen LogP contribution >= 0.6 is 0 Å². The summed E-state index contributed by atoms with van der Waals surface area (Å²) in [7, 11) is 0. The van der Waals surface area contributed by atoms with Crippen LogP contribution in [0.15, 0.2) is 36.4 Å². The molecule has 0 bridgehead atoms. The van der Waals surface area contributed by atoms with Crippen LogP contribution in [0.3, 0.4) is 0 Å². The van der Waals surface area contributed by atoms with Gasteiger partial charge in [0.05, 0.1) is 0 Å². The predicted molar refractivity (Wildman–Crippen MR) is 106 cm³/mol. The fraction of sp³-hybridized carbons (Fsp3) is 0.417. The van der Waals surface area contributed by atoms with Crippen molar-refractivity contribution >= 4 is 0 Å². The van der Waals surface area contributed by atoms with E-state index in [-0.39, 0.29) is 1.43 Å². The highest BCUT2D eigenvalue weighted by Crippen LogP contribution is 2.35. The molecule has 0 amide bonds. The molecule has 1 aliphatic carbocycles. The van der Waals surface area contributed by atoms with Crippen LogP contribution in [-0.4, -0.2) is 0 Å². The first-order valence-electron chi connectivity index (χ1n) is 9.23. The van der Waals surface area contributed by atoms with Crippen molar-refractivity contribution in [2.75, 3.05) is 0 Å². The fourth-order valence-electron chi connectivity index (χ4n) is 3.66. The van der Waals surface area contributed by atoms with Gasteiger partial charge in [-0.2, -0.15) is 0 Å². The standard InChI is InChI=1S/C24H28.H2/c1-17-5-11-23(12-6-17)24-15-9-21(10-16-24)8-14-22-13-7-18(2)19(3)20(22)4;/h7,9-10,13,15-17,23H,5-6,11-12H2,1-4H3;1H. The van der Waals surface area contributed by atoms with Crippen molar-refractivity contribution in [2.45, 2.75) is 59.3 Å². The van der Waals surface area contributed by atoms with Crippen molar-refractivity contribution in [2.24, 2.45) is 5.92 Å². The van der Waals surface area contributed by atoms with Crippen LogP contribution in [0, 0.1) is 38.5 Å². The Labute approximate surface area is 148 Å². The molecular formula is C24H30. The molecule has 0 atom stereocenters. The number of hydrogen-bond donors (Lipinski definition) is 0. The van der Waals surface area contributed by atoms with Gasteiger partial charge in [0.2, 0.25) is 0 Å². The average molecular weight is 319 g/mol. The molecule has 3 rings (SSSR count). The van der Waals surface area contributed by atoms with Gasteiger partial charge in [-0.3, -0.25) is 0 Å². The minimum Gasteiger partial charge on any atom is -0.0625 e. The van der Waals surface area contributed by atoms with Crippen molar-refractivity contribution in [3.8, 4) is 11.8 Å². The molecule has 0 saturated heterocycles. The van der Waals surface area contributed by atoms with Crippen LogP contribution in [0.4, 0.5) is 0 Å². The zero-order valence-electron chi connectivity index (χ0n) is 15.4. The second-order valence-electron chi connectivity index (χ2n) is 7.51. The summed E-state index contributed by atoms with van der Waals surface area (Å²) >= 11 is 0. The van der Waals surface area contributed by atoms with Crippen LogP contribution in [0.2, 0.25) is 0 Å². The molecule has 1 saturated carbocycles. The third kappa shape index (κ3) is 3.73. The Morgan fingerprint density at radius 3 is 2.12 bits per heavy atom. The molecular weight excluding hydrogens is 288 g/mol. The topological polar surface area (TPSA) is 0 Å². The summed E-state index contributed by atoms with van der Waals surface area (Å²) in [6.45, 7) is 8.88. The molecule has 0 aromatic heterocycles. The summed E-state index contributed by atoms with van der Waals surface area (Å²) in [5, 5.41) is 0. The monoisotopic (exact) mass is 318 g/mol. The maximum Gasteiger partial charge on any atom is 0.0281 e. The van der Waals surface area contributed by atoms with Crippen molar-refractivity contribution in [1.29, 1.82) is 0 Å². The van der Waals surface area contributed by atoms with Gasteiger partial charge in [0.1, 0.15) is 0 Å². The minimum atomic E-state index is 0. The summed E-state index contributed by atoms with van der Waals surface area (Å²) < 4.78 is 0. The quantitative estimate of drug-likeness (QED) is 0.523. The molecule has 0 heteroatoms. The zero-order valence-corrected chi connectivity index (χ0v) is 15.4. The molecule has 24 heavy (non-hydrogen) atoms. The van der Waals surface area contributed by atoms with Crippen LogP contribution < -0.4 is 0 Å². The van der Waals surface area contributed by atoms with Gasteiger partial charge in [0, 0.05) is 12.6 Å². The molecule has 2 aromatic carbocycles. The molecule has 0 N–H and O–H groups in total. The molecule has 0 unspecified atom stereocenters. The van der Waals surface area contributed by atoms with Crippen LogP contribution in [0.1, 0.15) is 73.3 Å². The second kappa shape index (κ2) is 7.27. The Morgan fingerprint density at radius 2 is 1.46 bits per heavy atom. The van der Waals surface area contributed by atoms with Crippen LogP contribution in [0.5, 0.6) is 0 Å². The van der Waals surface area contributed by atoms with Crippen LogP contribution in [0.25, 0.3) is 0 Å². The van der Waals surface area contributed by atoms with Gasteiger partial charge in [-0.05, 0) is 85.9 Å². The molecule has 1 fully saturated rings. The molecule has 126 valence electrons. The lowest BCUT2D eigenvalue weighted by Gasteiger charge is -2.26. The molecule has 0 heterocycles. The summed E-state index contributed by atoms with van der Waals surface area (Å²) in [6, 6.07) is 13.3. The largest absolute Gasteiger partial charge is 0.0625 e. The number of hydrogen-bond acceptors (Lipinski definition) is 0. The Bertz CT molecular complexity index is 766. The van der Waals surface area contributed by atoms with Crippen molar-refractivity contribution in [3.05, 3.63) is 69.8 Å². The third-order valence-electron chi connectivity index (χ3n) is 5.80. The van der Waals surface area contributed by atoms with E-state index >= 15 is 0 Å². The highest BCUT2D eigenvalue weighted by atomic mass is 14.2. The molecule has 0 spiro atoms. The smallest absolute Gasteiger partial charge is 0.0281 e. The molecule has 2 aromatic rings. The highest BCUT2D eigenvalue weighted by Gasteiger charge is 2.19. The van der Waals surface area contributed by atoms with Gasteiger partial charge in [0.15, 0.2) is 0 Å². The van der Waals surface area contributed by atoms with Crippen molar-refractivity contribution < 1.29 is 1.43 Å². The normalized spacial score (nSPS) is 20.3. The van der Waals surface area contributed by atoms with Gasteiger partial charge in [-0.15, -0.1) is 0 Å². The Hall–Kier alpha value is -2.00. The first kappa shape index (κ1) is 16.8. The fourth-order valence-corrected chi connectivity index (χ4v) is 3.66. The van der Waals surface area contributed by atoms with Gasteiger partial charge >= 0.3 is 0 Å². The number of benzene rings is 2. The van der Waals surface area contributed by atoms with E-state index in [1.165, 1.54) is 47.9 Å². The summed E-state index contributed by atoms with van der Waals surface area (Å²) in [6.07, 6.45) is 5.43. The van der Waals surface area contributed by atoms with E-state index in [4.69, 9.17) is 0 Å². The Kier molecular flexibility index (Phi) is 5.10. The Morgan fingerprint density at radius 1 is 0.792 bits per heavy atom. The first-order valence-corrected chi connectivity index (χ1v) is 9.23. The van der Waals surface area contributed by atoms with Gasteiger partial charge in [-0.1, -0.05) is 49.8 Å². The third-order valence-corrected chi connectivity index (χ3v) is 5.80. The maximum atomic E-state index is 3.35. The van der Waals surface area contributed by atoms with Gasteiger partial charge < -0.3 is 0 Å². The van der Waals surface area contributed by atoms with E-state index < -0.39 is 0 Å². The van der Waals surface area contributed by atoms with Crippen molar-refractivity contribution in [3.63, 3.8) is 0 Å². The first-order chi connectivity index (χ1) is 11.5.